The van der Waals surface area contributed by atoms with Crippen molar-refractivity contribution >= 4 is 44.9 Å². The minimum Gasteiger partial charge on any atom is -0.374 e. The van der Waals surface area contributed by atoms with Crippen molar-refractivity contribution in [1.82, 2.24) is 14.8 Å². The molecule has 0 spiro atoms. The van der Waals surface area contributed by atoms with Crippen LogP contribution in [0.15, 0.2) is 58.9 Å². The van der Waals surface area contributed by atoms with Crippen LogP contribution in [0.1, 0.15) is 17.3 Å². The Hall–Kier alpha value is -2.64. The van der Waals surface area contributed by atoms with Gasteiger partial charge in [0.25, 0.3) is 0 Å². The van der Waals surface area contributed by atoms with E-state index in [9.17, 15) is 4.79 Å². The number of hydrogen-bond acceptors (Lipinski definition) is 6. The van der Waals surface area contributed by atoms with Gasteiger partial charge in [-0.05, 0) is 18.6 Å². The number of carbonyl (C=O) groups excluding carboxylic acids is 1. The van der Waals surface area contributed by atoms with Crippen LogP contribution in [0, 0.1) is 0 Å². The fourth-order valence-electron chi connectivity index (χ4n) is 3.29. The average molecular weight is 395 g/mol. The van der Waals surface area contributed by atoms with E-state index in [4.69, 9.17) is 5.73 Å². The van der Waals surface area contributed by atoms with E-state index >= 15 is 0 Å². The van der Waals surface area contributed by atoms with Gasteiger partial charge in [-0.15, -0.1) is 10.2 Å². The van der Waals surface area contributed by atoms with E-state index in [1.165, 1.54) is 23.1 Å². The summed E-state index contributed by atoms with van der Waals surface area (Å²) in [7, 11) is 0. The molecule has 4 aromatic rings. The number of benzene rings is 2. The first-order valence-electron chi connectivity index (χ1n) is 8.60. The molecule has 27 heavy (non-hydrogen) atoms. The van der Waals surface area contributed by atoms with Crippen molar-refractivity contribution in [2.45, 2.75) is 17.8 Å². The molecule has 4 rings (SSSR count). The van der Waals surface area contributed by atoms with E-state index in [1.54, 1.807) is 0 Å². The number of para-hydroxylation sites is 1. The zero-order valence-corrected chi connectivity index (χ0v) is 16.4. The number of nitrogens with two attached hydrogens (primary N) is 1. The Bertz CT molecular complexity index is 1100. The second kappa shape index (κ2) is 7.54. The number of ketones is 1. The first kappa shape index (κ1) is 17.8. The summed E-state index contributed by atoms with van der Waals surface area (Å²) in [6.07, 6.45) is 0. The maximum Gasteiger partial charge on any atom is 0.203 e. The number of nitrogen functional groups attached to an aromatic ring is 1. The Morgan fingerprint density at radius 3 is 2.56 bits per heavy atom. The number of thioether (sulfide) groups is 1. The van der Waals surface area contributed by atoms with Gasteiger partial charge in [0.15, 0.2) is 10.1 Å². The summed E-state index contributed by atoms with van der Waals surface area (Å²) >= 11 is 2.68. The fraction of sp³-hybridized carbons (Fsp3) is 0.150. The molecule has 0 amide bonds. The van der Waals surface area contributed by atoms with Crippen LogP contribution < -0.4 is 5.73 Å². The van der Waals surface area contributed by atoms with E-state index in [0.717, 1.165) is 34.3 Å². The van der Waals surface area contributed by atoms with Crippen molar-refractivity contribution in [2.24, 2.45) is 0 Å². The lowest BCUT2D eigenvalue weighted by molar-refractivity contribution is 0.102. The number of anilines is 1. The third-order valence-electron chi connectivity index (χ3n) is 4.36. The lowest BCUT2D eigenvalue weighted by Crippen LogP contribution is -2.06. The van der Waals surface area contributed by atoms with Gasteiger partial charge in [-0.1, -0.05) is 71.6 Å². The first-order valence-corrected chi connectivity index (χ1v) is 10.4. The van der Waals surface area contributed by atoms with Crippen LogP contribution in [0.25, 0.3) is 22.2 Å². The lowest BCUT2D eigenvalue weighted by Gasteiger charge is -2.10. The molecule has 0 atom stereocenters. The Morgan fingerprint density at radius 1 is 1.11 bits per heavy atom. The van der Waals surface area contributed by atoms with Crippen LogP contribution in [-0.2, 0) is 6.54 Å². The number of aromatic nitrogens is 3. The molecule has 0 saturated heterocycles. The number of Topliss-reactive ketones (excluding diaryl/α,β-unsaturated/α-hetero) is 1. The predicted octanol–water partition coefficient (Wildman–Crippen LogP) is 4.74. The topological polar surface area (TPSA) is 73.8 Å². The molecule has 0 aliphatic heterocycles. The maximum absolute atomic E-state index is 13.3. The molecule has 0 unspecified atom stereocenters. The molecular weight excluding hydrogens is 376 g/mol. The molecule has 2 aromatic heterocycles. The Kier molecular flexibility index (Phi) is 4.96. The third-order valence-corrected chi connectivity index (χ3v) is 6.25. The second-order valence-electron chi connectivity index (χ2n) is 5.97. The molecule has 0 bridgehead atoms. The molecule has 0 saturated carbocycles. The molecule has 136 valence electrons. The number of aryl methyl sites for hydroxylation is 1. The summed E-state index contributed by atoms with van der Waals surface area (Å²) in [6.45, 7) is 2.89. The highest BCUT2D eigenvalue weighted by Crippen LogP contribution is 2.35. The smallest absolute Gasteiger partial charge is 0.203 e. The summed E-state index contributed by atoms with van der Waals surface area (Å²) < 4.78 is 2.92. The van der Waals surface area contributed by atoms with Crippen LogP contribution in [0.5, 0.6) is 0 Å². The average Bonchev–Trinajstić information content (AvgIpc) is 3.27. The highest BCUT2D eigenvalue weighted by molar-refractivity contribution is 8.01. The second-order valence-corrected chi connectivity index (χ2v) is 8.20. The number of rotatable bonds is 6. The normalized spacial score (nSPS) is 11.1. The van der Waals surface area contributed by atoms with E-state index < -0.39 is 0 Å². The maximum atomic E-state index is 13.3. The van der Waals surface area contributed by atoms with Crippen molar-refractivity contribution in [1.29, 1.82) is 0 Å². The predicted molar refractivity (Wildman–Crippen MR) is 112 cm³/mol. The summed E-state index contributed by atoms with van der Waals surface area (Å²) in [5.74, 6) is 0.377. The number of fused-ring (bicyclic) bond motifs is 1. The van der Waals surface area contributed by atoms with E-state index in [-0.39, 0.29) is 5.78 Å². The zero-order valence-electron chi connectivity index (χ0n) is 14.8. The Labute approximate surface area is 165 Å². The van der Waals surface area contributed by atoms with Crippen LogP contribution in [-0.4, -0.2) is 26.3 Å². The van der Waals surface area contributed by atoms with Crippen LogP contribution >= 0.6 is 23.1 Å². The van der Waals surface area contributed by atoms with Crippen molar-refractivity contribution < 1.29 is 4.79 Å². The van der Waals surface area contributed by atoms with Gasteiger partial charge in [0.1, 0.15) is 0 Å². The highest BCUT2D eigenvalue weighted by Gasteiger charge is 2.23. The molecular formula is C20H18N4OS2. The van der Waals surface area contributed by atoms with Gasteiger partial charge in [-0.2, -0.15) is 0 Å². The molecule has 0 radical (unpaired) electrons. The van der Waals surface area contributed by atoms with Gasteiger partial charge < -0.3 is 10.3 Å². The third kappa shape index (κ3) is 3.36. The SMILES string of the molecule is CCn1c(-c2ccccc2)c(C(=O)CSc2nnc(N)s2)c2ccccc21. The summed E-state index contributed by atoms with van der Waals surface area (Å²) in [4.78, 5) is 13.3. The van der Waals surface area contributed by atoms with Crippen LogP contribution in [0.4, 0.5) is 5.13 Å². The summed E-state index contributed by atoms with van der Waals surface area (Å²) in [6, 6.07) is 18.2. The molecule has 5 nitrogen and oxygen atoms in total. The molecule has 7 heteroatoms. The van der Waals surface area contributed by atoms with Gasteiger partial charge in [0.2, 0.25) is 5.13 Å². The minimum absolute atomic E-state index is 0.0797. The van der Waals surface area contributed by atoms with Gasteiger partial charge in [0, 0.05) is 17.4 Å². The summed E-state index contributed by atoms with van der Waals surface area (Å²) in [5.41, 5.74) is 9.50. The number of carbonyl (C=O) groups is 1. The van der Waals surface area contributed by atoms with Gasteiger partial charge in [0.05, 0.1) is 17.0 Å². The molecule has 2 N–H and O–H groups in total. The van der Waals surface area contributed by atoms with Crippen molar-refractivity contribution in [3.05, 3.63) is 60.2 Å². The van der Waals surface area contributed by atoms with E-state index in [1.807, 2.05) is 36.4 Å². The Morgan fingerprint density at radius 2 is 1.85 bits per heavy atom. The van der Waals surface area contributed by atoms with Gasteiger partial charge in [-0.25, -0.2) is 0 Å². The number of nitrogens with zero attached hydrogens (tertiary/aromatic N) is 3. The molecule has 2 aromatic carbocycles. The van der Waals surface area contributed by atoms with Crippen molar-refractivity contribution in [3.8, 4) is 11.3 Å². The molecule has 2 heterocycles. The van der Waals surface area contributed by atoms with Crippen molar-refractivity contribution in [2.75, 3.05) is 11.5 Å². The fourth-order valence-corrected chi connectivity index (χ4v) is 4.80. The molecule has 0 aliphatic rings. The minimum atomic E-state index is 0.0797. The van der Waals surface area contributed by atoms with E-state index in [0.29, 0.717) is 15.2 Å². The largest absolute Gasteiger partial charge is 0.374 e. The quantitative estimate of drug-likeness (QED) is 0.378. The van der Waals surface area contributed by atoms with Gasteiger partial charge >= 0.3 is 0 Å². The molecule has 0 aliphatic carbocycles. The molecule has 0 fully saturated rings. The van der Waals surface area contributed by atoms with Crippen molar-refractivity contribution in [3.63, 3.8) is 0 Å². The van der Waals surface area contributed by atoms with Gasteiger partial charge in [-0.3, -0.25) is 4.79 Å². The van der Waals surface area contributed by atoms with E-state index in [2.05, 4.69) is 39.9 Å². The summed E-state index contributed by atoms with van der Waals surface area (Å²) in [5, 5.41) is 9.21. The number of hydrogen-bond donors (Lipinski definition) is 1. The monoisotopic (exact) mass is 394 g/mol. The van der Waals surface area contributed by atoms with Crippen LogP contribution in [0.2, 0.25) is 0 Å². The van der Waals surface area contributed by atoms with Crippen LogP contribution in [0.3, 0.4) is 0 Å². The standard InChI is InChI=1S/C20H18N4OS2/c1-2-24-15-11-7-6-10-14(15)17(18(24)13-8-4-3-5-9-13)16(25)12-26-20-23-22-19(21)27-20/h3-11H,2,12H2,1H3,(H2,21,22). The Balaban J connectivity index is 1.81. The zero-order chi connectivity index (χ0) is 18.8. The lowest BCUT2D eigenvalue weighted by atomic mass is 10.0. The highest BCUT2D eigenvalue weighted by atomic mass is 32.2. The first-order chi connectivity index (χ1) is 13.2.